The molecule has 0 radical (unpaired) electrons. The van der Waals surface area contributed by atoms with E-state index < -0.39 is 0 Å². The van der Waals surface area contributed by atoms with Crippen molar-refractivity contribution in [1.82, 2.24) is 9.47 Å². The number of carbonyl (C=O) groups excluding carboxylic acids is 1. The number of likely N-dealkylation sites (tertiary alicyclic amines) is 1. The van der Waals surface area contributed by atoms with Crippen molar-refractivity contribution in [2.24, 2.45) is 4.99 Å². The molecule has 4 rings (SSSR count). The number of carbonyl (C=O) groups is 1. The highest BCUT2D eigenvalue weighted by Crippen LogP contribution is 2.24. The Morgan fingerprint density at radius 1 is 1.07 bits per heavy atom. The van der Waals surface area contributed by atoms with Crippen LogP contribution in [0.4, 0.5) is 10.1 Å². The summed E-state index contributed by atoms with van der Waals surface area (Å²) in [5, 5.41) is 2.13. The van der Waals surface area contributed by atoms with Crippen LogP contribution in [0.2, 0.25) is 0 Å². The minimum absolute atomic E-state index is 0.260. The smallest absolute Gasteiger partial charge is 0.222 e. The Labute approximate surface area is 180 Å². The van der Waals surface area contributed by atoms with Crippen LogP contribution in [0.3, 0.4) is 0 Å². The number of rotatable bonds is 6. The van der Waals surface area contributed by atoms with Crippen LogP contribution in [-0.4, -0.2) is 28.5 Å². The zero-order valence-electron chi connectivity index (χ0n) is 17.4. The first-order valence-corrected chi connectivity index (χ1v) is 11.2. The fourth-order valence-corrected chi connectivity index (χ4v) is 4.71. The molecule has 3 aromatic rings. The number of nitrogens with zero attached hydrogens (tertiary/aromatic N) is 3. The zero-order valence-corrected chi connectivity index (χ0v) is 18.2. The average molecular weight is 424 g/mol. The number of amides is 1. The van der Waals surface area contributed by atoms with Gasteiger partial charge in [-0.25, -0.2) is 9.38 Å². The molecule has 2 heterocycles. The van der Waals surface area contributed by atoms with Crippen molar-refractivity contribution in [3.05, 3.63) is 69.6 Å². The molecule has 156 valence electrons. The van der Waals surface area contributed by atoms with Gasteiger partial charge in [0.1, 0.15) is 5.82 Å². The van der Waals surface area contributed by atoms with Crippen LogP contribution in [0, 0.1) is 19.7 Å². The lowest BCUT2D eigenvalue weighted by molar-refractivity contribution is -0.127. The van der Waals surface area contributed by atoms with Gasteiger partial charge in [-0.15, -0.1) is 11.3 Å². The van der Waals surface area contributed by atoms with Gasteiger partial charge in [-0.05, 0) is 73.7 Å². The maximum Gasteiger partial charge on any atom is 0.222 e. The predicted octanol–water partition coefficient (Wildman–Crippen LogP) is 5.22. The second kappa shape index (κ2) is 8.96. The van der Waals surface area contributed by atoms with Crippen molar-refractivity contribution in [3.8, 4) is 11.3 Å². The maximum absolute atomic E-state index is 13.3. The number of halogens is 1. The van der Waals surface area contributed by atoms with Crippen molar-refractivity contribution < 1.29 is 9.18 Å². The molecule has 4 nitrogen and oxygen atoms in total. The Hall–Kier alpha value is -2.73. The Morgan fingerprint density at radius 2 is 1.87 bits per heavy atom. The summed E-state index contributed by atoms with van der Waals surface area (Å²) in [6.07, 6.45) is 2.50. The monoisotopic (exact) mass is 423 g/mol. The molecule has 1 aliphatic heterocycles. The molecule has 1 saturated heterocycles. The molecule has 0 N–H and O–H groups in total. The van der Waals surface area contributed by atoms with E-state index >= 15 is 0 Å². The van der Waals surface area contributed by atoms with Crippen LogP contribution < -0.4 is 4.80 Å². The number of aromatic nitrogens is 1. The van der Waals surface area contributed by atoms with Gasteiger partial charge in [-0.2, -0.15) is 0 Å². The molecule has 1 fully saturated rings. The standard InChI is InChI=1S/C24H26FN3OS/c1-17-6-7-19(15-18(17)2)22-16-30-24(26-21-10-8-20(25)9-11-21)28(22)14-4-13-27-12-3-5-23(27)29/h6-11,15-16H,3-5,12-14H2,1-2H3. The van der Waals surface area contributed by atoms with Crippen molar-refractivity contribution in [1.29, 1.82) is 0 Å². The molecule has 0 bridgehead atoms. The normalized spacial score (nSPS) is 14.7. The molecule has 0 spiro atoms. The van der Waals surface area contributed by atoms with Crippen LogP contribution in [-0.2, 0) is 11.3 Å². The number of benzene rings is 2. The van der Waals surface area contributed by atoms with E-state index in [9.17, 15) is 9.18 Å². The molecule has 30 heavy (non-hydrogen) atoms. The van der Waals surface area contributed by atoms with Gasteiger partial charge in [0.2, 0.25) is 5.91 Å². The Kier molecular flexibility index (Phi) is 6.13. The van der Waals surface area contributed by atoms with E-state index in [1.54, 1.807) is 23.5 Å². The Bertz CT molecular complexity index is 1110. The summed E-state index contributed by atoms with van der Waals surface area (Å²) in [6, 6.07) is 12.7. The third-order valence-electron chi connectivity index (χ3n) is 5.63. The molecule has 1 aliphatic rings. The summed E-state index contributed by atoms with van der Waals surface area (Å²) >= 11 is 1.59. The number of hydrogen-bond acceptors (Lipinski definition) is 3. The summed E-state index contributed by atoms with van der Waals surface area (Å²) in [5.74, 6) is -0.00460. The first-order chi connectivity index (χ1) is 14.5. The zero-order chi connectivity index (χ0) is 21.1. The van der Waals surface area contributed by atoms with Gasteiger partial charge in [-0.1, -0.05) is 12.1 Å². The summed E-state index contributed by atoms with van der Waals surface area (Å²) in [6.45, 7) is 6.64. The first kappa shape index (κ1) is 20.5. The molecule has 0 atom stereocenters. The van der Waals surface area contributed by atoms with E-state index in [1.165, 1.54) is 23.3 Å². The molecular formula is C24H26FN3OS. The summed E-state index contributed by atoms with van der Waals surface area (Å²) in [7, 11) is 0. The van der Waals surface area contributed by atoms with Crippen LogP contribution in [0.1, 0.15) is 30.4 Å². The largest absolute Gasteiger partial charge is 0.343 e. The molecule has 0 unspecified atom stereocenters. The third-order valence-corrected chi connectivity index (χ3v) is 6.50. The quantitative estimate of drug-likeness (QED) is 0.536. The number of thiazole rings is 1. The van der Waals surface area contributed by atoms with E-state index in [0.717, 1.165) is 54.2 Å². The van der Waals surface area contributed by atoms with E-state index in [2.05, 4.69) is 42.0 Å². The van der Waals surface area contributed by atoms with Crippen molar-refractivity contribution >= 4 is 22.9 Å². The lowest BCUT2D eigenvalue weighted by Gasteiger charge is -2.16. The minimum Gasteiger partial charge on any atom is -0.343 e. The maximum atomic E-state index is 13.3. The fourth-order valence-electron chi connectivity index (χ4n) is 3.75. The molecule has 2 aromatic carbocycles. The lowest BCUT2D eigenvalue weighted by atomic mass is 10.0. The topological polar surface area (TPSA) is 37.6 Å². The van der Waals surface area contributed by atoms with E-state index in [0.29, 0.717) is 6.42 Å². The van der Waals surface area contributed by atoms with E-state index in [4.69, 9.17) is 4.99 Å². The van der Waals surface area contributed by atoms with E-state index in [1.807, 2.05) is 4.90 Å². The summed E-state index contributed by atoms with van der Waals surface area (Å²) in [5.41, 5.74) is 5.53. The predicted molar refractivity (Wildman–Crippen MR) is 119 cm³/mol. The third kappa shape index (κ3) is 4.54. The highest BCUT2D eigenvalue weighted by Gasteiger charge is 2.19. The van der Waals surface area contributed by atoms with Gasteiger partial charge in [0.05, 0.1) is 11.4 Å². The van der Waals surface area contributed by atoms with Crippen LogP contribution in [0.15, 0.2) is 52.8 Å². The SMILES string of the molecule is Cc1ccc(-c2csc(=Nc3ccc(F)cc3)n2CCCN2CCCC2=O)cc1C. The number of aryl methyl sites for hydroxylation is 2. The Balaban J connectivity index is 1.67. The molecule has 0 saturated carbocycles. The van der Waals surface area contributed by atoms with Crippen molar-refractivity contribution in [2.75, 3.05) is 13.1 Å². The van der Waals surface area contributed by atoms with Gasteiger partial charge in [-0.3, -0.25) is 4.79 Å². The minimum atomic E-state index is -0.265. The molecule has 1 aromatic heterocycles. The molecule has 1 amide bonds. The Morgan fingerprint density at radius 3 is 2.57 bits per heavy atom. The first-order valence-electron chi connectivity index (χ1n) is 10.4. The molecular weight excluding hydrogens is 397 g/mol. The van der Waals surface area contributed by atoms with Gasteiger partial charge in [0.25, 0.3) is 0 Å². The number of hydrogen-bond donors (Lipinski definition) is 0. The van der Waals surface area contributed by atoms with Gasteiger partial charge >= 0.3 is 0 Å². The van der Waals surface area contributed by atoms with Crippen LogP contribution in [0.5, 0.6) is 0 Å². The summed E-state index contributed by atoms with van der Waals surface area (Å²) in [4.78, 5) is 19.5. The fraction of sp³-hybridized carbons (Fsp3) is 0.333. The average Bonchev–Trinajstić information content (AvgIpc) is 3.32. The van der Waals surface area contributed by atoms with Crippen molar-refractivity contribution in [2.45, 2.75) is 39.7 Å². The second-order valence-corrected chi connectivity index (χ2v) is 8.62. The van der Waals surface area contributed by atoms with E-state index in [-0.39, 0.29) is 11.7 Å². The highest BCUT2D eigenvalue weighted by atomic mass is 32.1. The highest BCUT2D eigenvalue weighted by molar-refractivity contribution is 7.07. The second-order valence-electron chi connectivity index (χ2n) is 7.78. The lowest BCUT2D eigenvalue weighted by Crippen LogP contribution is -2.27. The van der Waals surface area contributed by atoms with Crippen molar-refractivity contribution in [3.63, 3.8) is 0 Å². The van der Waals surface area contributed by atoms with Crippen LogP contribution >= 0.6 is 11.3 Å². The van der Waals surface area contributed by atoms with Gasteiger partial charge in [0, 0.05) is 31.4 Å². The molecule has 6 heteroatoms. The van der Waals surface area contributed by atoms with Gasteiger partial charge < -0.3 is 9.47 Å². The van der Waals surface area contributed by atoms with Crippen LogP contribution in [0.25, 0.3) is 11.3 Å². The van der Waals surface area contributed by atoms with Gasteiger partial charge in [0.15, 0.2) is 4.80 Å². The molecule has 0 aliphatic carbocycles. The summed E-state index contributed by atoms with van der Waals surface area (Å²) < 4.78 is 15.5.